The topological polar surface area (TPSA) is 514 Å². The number of aliphatic hydroxyl groups excluding tert-OH is 19. The van der Waals surface area contributed by atoms with Crippen molar-refractivity contribution >= 4 is 0 Å². The summed E-state index contributed by atoms with van der Waals surface area (Å²) >= 11 is 0. The summed E-state index contributed by atoms with van der Waals surface area (Å²) in [5.41, 5.74) is 0. The lowest BCUT2D eigenvalue weighted by atomic mass is 9.93. The van der Waals surface area contributed by atoms with Crippen molar-refractivity contribution in [2.24, 2.45) is 0 Å². The second-order valence-electron chi connectivity index (χ2n) is 20.9. The van der Waals surface area contributed by atoms with E-state index in [2.05, 4.69) is 0 Å². The Morgan fingerprint density at radius 2 is 0.342 bits per heavy atom. The second kappa shape index (κ2) is 27.4. The van der Waals surface area contributed by atoms with Gasteiger partial charge in [0.25, 0.3) is 0 Å². The number of hydrogen-bond donors (Lipinski definition) is 19. The fourth-order valence-electron chi connectivity index (χ4n) is 11.2. The maximum Gasteiger partial charge on any atom is 0.187 e. The van der Waals surface area contributed by atoms with E-state index in [0.29, 0.717) is 12.8 Å². The lowest BCUT2D eigenvalue weighted by Crippen LogP contribution is -2.68. The molecule has 460 valence electrons. The summed E-state index contributed by atoms with van der Waals surface area (Å²) in [7, 11) is 0. The Balaban J connectivity index is 1.09. The van der Waals surface area contributed by atoms with Crippen molar-refractivity contribution < 1.29 is 163 Å². The van der Waals surface area contributed by atoms with Crippen LogP contribution in [0.5, 0.6) is 0 Å². The van der Waals surface area contributed by atoms with Crippen molar-refractivity contribution in [3.05, 3.63) is 0 Å². The smallest absolute Gasteiger partial charge is 0.187 e. The van der Waals surface area contributed by atoms with Gasteiger partial charge in [0.05, 0.1) is 45.2 Å². The monoisotopic (exact) mass is 1160 g/mol. The Hall–Kier alpha value is -1.32. The lowest BCUT2D eigenvalue weighted by molar-refractivity contribution is -0.396. The van der Waals surface area contributed by atoms with Gasteiger partial charge in [0.2, 0.25) is 0 Å². The first kappa shape index (κ1) is 63.7. The predicted molar refractivity (Wildman–Crippen MR) is 244 cm³/mol. The predicted octanol–water partition coefficient (Wildman–Crippen LogP) is -11.6. The lowest BCUT2D eigenvalue weighted by Gasteiger charge is -2.50. The van der Waals surface area contributed by atoms with Crippen molar-refractivity contribution in [3.8, 4) is 0 Å². The highest BCUT2D eigenvalue weighted by atomic mass is 16.8. The van der Waals surface area contributed by atoms with Gasteiger partial charge < -0.3 is 163 Å². The largest absolute Gasteiger partial charge is 0.394 e. The third-order valence-corrected chi connectivity index (χ3v) is 15.6. The number of aliphatic hydroxyl groups is 19. The molecule has 35 unspecified atom stereocenters. The van der Waals surface area contributed by atoms with Gasteiger partial charge in [-0.05, 0) is 12.8 Å². The van der Waals surface area contributed by atoms with Crippen molar-refractivity contribution in [3.63, 3.8) is 0 Å². The molecule has 33 nitrogen and oxygen atoms in total. The third-order valence-electron chi connectivity index (χ3n) is 15.6. The minimum absolute atomic E-state index is 0.0339. The molecule has 33 heteroatoms. The zero-order valence-corrected chi connectivity index (χ0v) is 42.8. The molecule has 19 N–H and O–H groups in total. The molecule has 21 saturated heterocycles. The second-order valence-corrected chi connectivity index (χ2v) is 20.9. The molecule has 21 rings (SSSR count). The van der Waals surface area contributed by atoms with E-state index in [9.17, 15) is 97.0 Å². The molecule has 0 saturated carbocycles. The van der Waals surface area contributed by atoms with Gasteiger partial charge in [0.15, 0.2) is 44.0 Å². The van der Waals surface area contributed by atoms with Crippen LogP contribution in [0.2, 0.25) is 0 Å². The molecule has 79 heavy (non-hydrogen) atoms. The fourth-order valence-corrected chi connectivity index (χ4v) is 11.2. The summed E-state index contributed by atoms with van der Waals surface area (Å²) in [5, 5.41) is 212. The summed E-state index contributed by atoms with van der Waals surface area (Å²) in [4.78, 5) is 0. The quantitative estimate of drug-likeness (QED) is 0.102. The van der Waals surface area contributed by atoms with Gasteiger partial charge in [0, 0.05) is 0 Å². The molecular formula is C46H78O33. The van der Waals surface area contributed by atoms with E-state index in [1.165, 1.54) is 0 Å². The van der Waals surface area contributed by atoms with Gasteiger partial charge in [-0.3, -0.25) is 0 Å². The molecule has 0 spiro atoms. The van der Waals surface area contributed by atoms with Crippen LogP contribution in [0.25, 0.3) is 0 Å². The molecule has 21 aliphatic rings. The molecule has 21 heterocycles. The number of hydrogen-bond acceptors (Lipinski definition) is 33. The van der Waals surface area contributed by atoms with Gasteiger partial charge in [0.1, 0.15) is 159 Å². The van der Waals surface area contributed by atoms with Gasteiger partial charge in [-0.25, -0.2) is 0 Å². The van der Waals surface area contributed by atoms with Gasteiger partial charge in [-0.2, -0.15) is 0 Å². The molecule has 0 aromatic rings. The molecule has 21 fully saturated rings. The van der Waals surface area contributed by atoms with Crippen LogP contribution in [0.1, 0.15) is 39.5 Å². The summed E-state index contributed by atoms with van der Waals surface area (Å²) < 4.78 is 81.8. The first-order valence-electron chi connectivity index (χ1n) is 26.4. The van der Waals surface area contributed by atoms with Crippen LogP contribution in [0.15, 0.2) is 0 Å². The summed E-state index contributed by atoms with van der Waals surface area (Å²) in [6.45, 7) is -1.53. The standard InChI is InChI=1S/C46H78O33/c1-3-5-12-33-20(53)27(60)41(67-12)76-36-15(8-48)71-45(31(64)24(36)57)79-39-18(11-51)72-46(32(65)25(39)58)78-38-17(10-50)69-43(29(62)22(38)55)74-34-13(6-4-2)66-40(26(59)19(34)52)75-35-14(7-47)70-44(30(63)23(35)56)77-37-16(9-49)68-42(73-33)28(61)21(37)54/h12-65H,3-11H2,1-2H3. The molecule has 35 atom stereocenters. The molecule has 21 aliphatic heterocycles. The molecule has 0 aromatic heterocycles. The average Bonchev–Trinajstić information content (AvgIpc) is 3.56. The van der Waals surface area contributed by atoms with Crippen molar-refractivity contribution in [1.29, 1.82) is 0 Å². The minimum Gasteiger partial charge on any atom is -0.394 e. The highest BCUT2D eigenvalue weighted by Crippen LogP contribution is 2.39. The highest BCUT2D eigenvalue weighted by molar-refractivity contribution is 5.02. The maximum absolute atomic E-state index is 11.5. The Morgan fingerprint density at radius 3 is 0.481 bits per heavy atom. The van der Waals surface area contributed by atoms with E-state index in [4.69, 9.17) is 66.3 Å². The maximum atomic E-state index is 11.5. The van der Waals surface area contributed by atoms with E-state index in [0.717, 1.165) is 0 Å². The molecule has 14 bridgehead atoms. The van der Waals surface area contributed by atoms with Crippen LogP contribution in [0.4, 0.5) is 0 Å². The first-order chi connectivity index (χ1) is 37.7. The van der Waals surface area contributed by atoms with E-state index in [1.807, 2.05) is 0 Å². The van der Waals surface area contributed by atoms with Crippen molar-refractivity contribution in [1.82, 2.24) is 0 Å². The van der Waals surface area contributed by atoms with E-state index in [-0.39, 0.29) is 12.8 Å². The molecule has 0 radical (unpaired) electrons. The molecule has 0 aromatic carbocycles. The van der Waals surface area contributed by atoms with Gasteiger partial charge >= 0.3 is 0 Å². The van der Waals surface area contributed by atoms with Gasteiger partial charge in [-0.15, -0.1) is 0 Å². The van der Waals surface area contributed by atoms with Gasteiger partial charge in [-0.1, -0.05) is 26.7 Å². The Bertz CT molecular complexity index is 1850. The van der Waals surface area contributed by atoms with Crippen LogP contribution >= 0.6 is 0 Å². The highest BCUT2D eigenvalue weighted by Gasteiger charge is 2.59. The fraction of sp³-hybridized carbons (Fsp3) is 1.00. The Morgan fingerprint density at radius 1 is 0.203 bits per heavy atom. The van der Waals surface area contributed by atoms with Crippen LogP contribution in [0.3, 0.4) is 0 Å². The minimum atomic E-state index is -2.16. The van der Waals surface area contributed by atoms with Crippen LogP contribution in [-0.4, -0.2) is 345 Å². The molecule has 0 aliphatic carbocycles. The summed E-state index contributed by atoms with van der Waals surface area (Å²) in [6, 6.07) is 0. The molecular weight excluding hydrogens is 1080 g/mol. The number of ether oxygens (including phenoxy) is 14. The SMILES string of the molecule is CCCC1OC2OC3C(CO)OC(OC4C(CO)OC(OC5C(CCC)OC(OC6C(CO)OC(OC7C(CO)OC(OC8C(CO)OC(OC1C(O)C2O)C(O)C8O)C(O)C7O)C(O)C6O)C(O)C5O)C(O)C4O)C(O)C3O. The molecule has 0 amide bonds. The zero-order chi connectivity index (χ0) is 57.5. The average molecular weight is 1160 g/mol. The first-order valence-corrected chi connectivity index (χ1v) is 26.4. The van der Waals surface area contributed by atoms with Crippen molar-refractivity contribution in [2.45, 2.75) is 254 Å². The van der Waals surface area contributed by atoms with E-state index in [1.54, 1.807) is 13.8 Å². The Kier molecular flexibility index (Phi) is 22.1. The zero-order valence-electron chi connectivity index (χ0n) is 42.8. The van der Waals surface area contributed by atoms with Crippen molar-refractivity contribution in [2.75, 3.05) is 33.0 Å². The van der Waals surface area contributed by atoms with Crippen LogP contribution < -0.4 is 0 Å². The normalized spacial score (nSPS) is 54.3. The van der Waals surface area contributed by atoms with E-state index >= 15 is 0 Å². The van der Waals surface area contributed by atoms with Crippen LogP contribution in [-0.2, 0) is 66.3 Å². The summed E-state index contributed by atoms with van der Waals surface area (Å²) in [5.74, 6) is 0. The summed E-state index contributed by atoms with van der Waals surface area (Å²) in [6.07, 6.45) is -65.2. The number of rotatable bonds is 9. The Labute approximate surface area is 450 Å². The van der Waals surface area contributed by atoms with E-state index < -0.39 is 248 Å². The van der Waals surface area contributed by atoms with Crippen LogP contribution in [0, 0.1) is 0 Å². The third kappa shape index (κ3) is 12.8.